The lowest BCUT2D eigenvalue weighted by atomic mass is 9.96. The molecule has 1 aromatic heterocycles. The molecule has 5 aromatic rings. The van der Waals surface area contributed by atoms with Crippen molar-refractivity contribution in [1.82, 2.24) is 10.3 Å². The van der Waals surface area contributed by atoms with E-state index in [1.807, 2.05) is 6.07 Å². The van der Waals surface area contributed by atoms with E-state index in [-0.39, 0.29) is 12.1 Å². The maximum absolute atomic E-state index is 5.36. The average Bonchev–Trinajstić information content (AvgIpc) is 3.98. The number of allylic oxidation sites excluding steroid dienone is 5. The van der Waals surface area contributed by atoms with Crippen LogP contribution in [-0.2, 0) is 0 Å². The number of aromatic nitrogens is 1. The molecular weight excluding hydrogens is 585 g/mol. The Morgan fingerprint density at radius 2 is 0.854 bits per heavy atom. The number of nitrogens with zero attached hydrogens (tertiary/aromatic N) is 2. The molecule has 0 saturated carbocycles. The number of aromatic amines is 1. The van der Waals surface area contributed by atoms with E-state index in [2.05, 4.69) is 174 Å². The first kappa shape index (κ1) is 28.1. The number of nitrogens with one attached hydrogen (secondary N) is 2. The molecule has 9 rings (SSSR count). The lowest BCUT2D eigenvalue weighted by Gasteiger charge is -2.21. The average molecular weight is 617 g/mol. The summed E-state index contributed by atoms with van der Waals surface area (Å²) in [6.45, 7) is 0. The summed E-state index contributed by atoms with van der Waals surface area (Å²) >= 11 is 0. The van der Waals surface area contributed by atoms with Crippen molar-refractivity contribution in [2.24, 2.45) is 9.98 Å². The van der Waals surface area contributed by atoms with E-state index < -0.39 is 0 Å². The van der Waals surface area contributed by atoms with Gasteiger partial charge in [-0.1, -0.05) is 133 Å². The Balaban J connectivity index is 1.37. The molecule has 2 unspecified atom stereocenters. The highest BCUT2D eigenvalue weighted by Crippen LogP contribution is 2.35. The van der Waals surface area contributed by atoms with Crippen molar-refractivity contribution in [1.29, 1.82) is 0 Å². The first-order valence-electron chi connectivity index (χ1n) is 16.4. The molecule has 0 radical (unpaired) electrons. The van der Waals surface area contributed by atoms with Gasteiger partial charge in [0.05, 0.1) is 34.9 Å². The van der Waals surface area contributed by atoms with E-state index in [1.54, 1.807) is 0 Å². The fourth-order valence-electron chi connectivity index (χ4n) is 7.18. The van der Waals surface area contributed by atoms with Crippen LogP contribution in [0.2, 0.25) is 0 Å². The van der Waals surface area contributed by atoms with Gasteiger partial charge in [0.1, 0.15) is 0 Å². The molecule has 4 aliphatic rings. The third kappa shape index (κ3) is 5.00. The summed E-state index contributed by atoms with van der Waals surface area (Å²) in [5, 5.41) is 6.07. The van der Waals surface area contributed by atoms with Crippen molar-refractivity contribution < 1.29 is 0 Å². The van der Waals surface area contributed by atoms with Crippen LogP contribution in [0.15, 0.2) is 191 Å². The smallest absolute Gasteiger partial charge is 0.0738 e. The molecule has 2 atom stereocenters. The van der Waals surface area contributed by atoms with Crippen LogP contribution in [-0.4, -0.2) is 28.5 Å². The van der Waals surface area contributed by atoms with Crippen LogP contribution in [0.4, 0.5) is 0 Å². The highest BCUT2D eigenvalue weighted by atomic mass is 15.0. The molecule has 4 aliphatic heterocycles. The van der Waals surface area contributed by atoms with Gasteiger partial charge in [0.25, 0.3) is 0 Å². The van der Waals surface area contributed by atoms with Crippen molar-refractivity contribution in [3.63, 3.8) is 0 Å². The van der Waals surface area contributed by atoms with E-state index in [0.717, 1.165) is 66.9 Å². The fraction of sp³-hybridized carbons (Fsp3) is 0.0455. The van der Waals surface area contributed by atoms with Crippen LogP contribution in [0.25, 0.3) is 22.3 Å². The first-order chi connectivity index (χ1) is 23.8. The van der Waals surface area contributed by atoms with Crippen LogP contribution in [0.3, 0.4) is 0 Å². The quantitative estimate of drug-likeness (QED) is 0.207. The zero-order valence-corrected chi connectivity index (χ0v) is 26.2. The van der Waals surface area contributed by atoms with Gasteiger partial charge in [0.15, 0.2) is 0 Å². The number of aliphatic imine (C=N–C) groups is 2. The predicted molar refractivity (Wildman–Crippen MR) is 198 cm³/mol. The number of hydrogen-bond acceptors (Lipinski definition) is 3. The molecule has 4 aromatic carbocycles. The normalized spacial score (nSPS) is 25.0. The van der Waals surface area contributed by atoms with Crippen molar-refractivity contribution in [2.45, 2.75) is 12.1 Å². The number of hydrogen-bond donors (Lipinski definition) is 2. The number of fused-ring (bicyclic) bond motifs is 6. The molecule has 0 fully saturated rings. The summed E-state index contributed by atoms with van der Waals surface area (Å²) in [5.74, 6) is 0. The minimum Gasteiger partial charge on any atom is -0.355 e. The molecule has 4 nitrogen and oxygen atoms in total. The van der Waals surface area contributed by atoms with Gasteiger partial charge >= 0.3 is 0 Å². The number of benzene rings is 4. The van der Waals surface area contributed by atoms with E-state index in [1.165, 1.54) is 11.1 Å². The molecule has 0 amide bonds. The van der Waals surface area contributed by atoms with Gasteiger partial charge in [-0.25, -0.2) is 9.98 Å². The van der Waals surface area contributed by atoms with E-state index >= 15 is 0 Å². The third-order valence-corrected chi connectivity index (χ3v) is 9.34. The summed E-state index contributed by atoms with van der Waals surface area (Å²) in [6.07, 6.45) is 13.2. The summed E-state index contributed by atoms with van der Waals surface area (Å²) in [7, 11) is 0. The molecule has 0 spiro atoms. The Morgan fingerprint density at radius 1 is 0.396 bits per heavy atom. The van der Waals surface area contributed by atoms with Crippen molar-refractivity contribution >= 4 is 33.7 Å². The Morgan fingerprint density at radius 3 is 1.48 bits per heavy atom. The van der Waals surface area contributed by atoms with Gasteiger partial charge in [0, 0.05) is 33.0 Å². The number of H-pyrrole nitrogens is 1. The molecule has 228 valence electrons. The lowest BCUT2D eigenvalue weighted by Crippen LogP contribution is -2.35. The van der Waals surface area contributed by atoms with Crippen molar-refractivity contribution in [3.8, 4) is 0 Å². The molecule has 2 N–H and O–H groups in total. The van der Waals surface area contributed by atoms with Gasteiger partial charge in [-0.15, -0.1) is 0 Å². The molecular formula is C44H32N4. The standard InChI is InChI=1S/C44H32N4/c1-5-13-29(14-6-1)41-33-21-23-35(45-33)42(30-15-7-2-8-16-30)37-25-27-39(47-37)44(32-19-11-4-12-20-32)40-28-26-38(48-40)43(31-17-9-3-10-18-31)36-24-22-34(41)46-36/h1-28,33,35,45-46H/b41-34-,42-37-,43-36-,44-40-. The highest BCUT2D eigenvalue weighted by Gasteiger charge is 2.29. The minimum atomic E-state index is -0.0449. The Hall–Kier alpha value is -6.10. The SMILES string of the molecule is C1=C/C2=C(\c3ccccc3)C3C=CC(N3)/C(c3ccccc3)=c3/cc/c([nH]3)=C(\c3ccccc3)C3=N/C(=C(/c4ccccc4)C1=N2)C=C3. The zero-order valence-electron chi connectivity index (χ0n) is 26.2. The summed E-state index contributed by atoms with van der Waals surface area (Å²) < 4.78 is 0. The Labute approximate surface area is 279 Å². The van der Waals surface area contributed by atoms with Crippen LogP contribution in [0.5, 0.6) is 0 Å². The molecule has 5 heterocycles. The molecule has 0 aliphatic carbocycles. The van der Waals surface area contributed by atoms with Crippen molar-refractivity contribution in [2.75, 3.05) is 0 Å². The summed E-state index contributed by atoms with van der Waals surface area (Å²) in [6, 6.07) is 46.6. The maximum Gasteiger partial charge on any atom is 0.0738 e. The van der Waals surface area contributed by atoms with Gasteiger partial charge in [-0.05, 0) is 58.7 Å². The molecule has 48 heavy (non-hydrogen) atoms. The first-order valence-corrected chi connectivity index (χ1v) is 16.4. The topological polar surface area (TPSA) is 52.5 Å². The largest absolute Gasteiger partial charge is 0.355 e. The number of rotatable bonds is 4. The lowest BCUT2D eigenvalue weighted by molar-refractivity contribution is 0.719. The third-order valence-electron chi connectivity index (χ3n) is 9.34. The summed E-state index contributed by atoms with van der Waals surface area (Å²) in [4.78, 5) is 14.6. The second-order valence-corrected chi connectivity index (χ2v) is 12.3. The molecule has 4 heteroatoms. The van der Waals surface area contributed by atoms with Crippen LogP contribution < -0.4 is 16.0 Å². The van der Waals surface area contributed by atoms with Crippen LogP contribution >= 0.6 is 0 Å². The Kier molecular flexibility index (Phi) is 6.99. The maximum atomic E-state index is 5.36. The van der Waals surface area contributed by atoms with E-state index in [0.29, 0.717) is 0 Å². The fourth-order valence-corrected chi connectivity index (χ4v) is 7.18. The predicted octanol–water partition coefficient (Wildman–Crippen LogP) is 7.17. The van der Waals surface area contributed by atoms with Gasteiger partial charge in [-0.2, -0.15) is 0 Å². The minimum absolute atomic E-state index is 0.0276. The second kappa shape index (κ2) is 11.9. The van der Waals surface area contributed by atoms with Gasteiger partial charge < -0.3 is 4.98 Å². The van der Waals surface area contributed by atoms with E-state index in [4.69, 9.17) is 9.98 Å². The Bertz CT molecular complexity index is 2380. The molecule has 0 saturated heterocycles. The van der Waals surface area contributed by atoms with Gasteiger partial charge in [-0.3, -0.25) is 5.32 Å². The van der Waals surface area contributed by atoms with Gasteiger partial charge in [0.2, 0.25) is 0 Å². The zero-order chi connectivity index (χ0) is 31.9. The molecule has 8 bridgehead atoms. The summed E-state index contributed by atoms with van der Waals surface area (Å²) in [5.41, 5.74) is 12.6. The highest BCUT2D eigenvalue weighted by molar-refractivity contribution is 6.35. The van der Waals surface area contributed by atoms with Crippen LogP contribution in [0.1, 0.15) is 22.3 Å². The van der Waals surface area contributed by atoms with Crippen LogP contribution in [0, 0.1) is 0 Å². The van der Waals surface area contributed by atoms with Crippen molar-refractivity contribution in [3.05, 3.63) is 214 Å². The second-order valence-electron chi connectivity index (χ2n) is 12.3. The monoisotopic (exact) mass is 616 g/mol. The van der Waals surface area contributed by atoms with E-state index in [9.17, 15) is 0 Å².